The molecule has 1 aliphatic rings. The third-order valence-corrected chi connectivity index (χ3v) is 6.00. The van der Waals surface area contributed by atoms with Crippen molar-refractivity contribution >= 4 is 27.7 Å². The summed E-state index contributed by atoms with van der Waals surface area (Å²) in [7, 11) is 1.67. The molecule has 5 rings (SSSR count). The predicted molar refractivity (Wildman–Crippen MR) is 119 cm³/mol. The van der Waals surface area contributed by atoms with Gasteiger partial charge in [-0.25, -0.2) is 4.98 Å². The Morgan fingerprint density at radius 1 is 1.19 bits per heavy atom. The van der Waals surface area contributed by atoms with E-state index in [0.717, 1.165) is 41.6 Å². The highest BCUT2D eigenvalue weighted by atomic mass is 16.5. The van der Waals surface area contributed by atoms with Crippen LogP contribution < -0.4 is 15.6 Å². The number of ether oxygens (including phenoxy) is 1. The zero-order valence-electron chi connectivity index (χ0n) is 17.3. The Hall–Kier alpha value is -3.61. The highest BCUT2D eigenvalue weighted by molar-refractivity contribution is 5.87. The van der Waals surface area contributed by atoms with Gasteiger partial charge in [0.05, 0.1) is 24.1 Å². The minimum Gasteiger partial charge on any atom is -0.497 e. The minimum atomic E-state index is -0.175. The van der Waals surface area contributed by atoms with Gasteiger partial charge in [-0.2, -0.15) is 0 Å². The van der Waals surface area contributed by atoms with Crippen LogP contribution in [0.3, 0.4) is 0 Å². The van der Waals surface area contributed by atoms with Crippen molar-refractivity contribution in [1.29, 1.82) is 0 Å². The number of H-pyrrole nitrogens is 2. The van der Waals surface area contributed by atoms with E-state index in [4.69, 9.17) is 4.74 Å². The maximum atomic E-state index is 12.7. The van der Waals surface area contributed by atoms with Crippen LogP contribution in [-0.2, 0) is 17.6 Å². The van der Waals surface area contributed by atoms with E-state index in [1.54, 1.807) is 13.2 Å². The molecule has 1 atom stereocenters. The van der Waals surface area contributed by atoms with Crippen molar-refractivity contribution < 1.29 is 9.53 Å². The van der Waals surface area contributed by atoms with E-state index in [1.807, 2.05) is 30.3 Å². The monoisotopic (exact) mass is 416 g/mol. The van der Waals surface area contributed by atoms with Crippen LogP contribution in [0.5, 0.6) is 5.75 Å². The second-order valence-corrected chi connectivity index (χ2v) is 7.97. The number of aryl methyl sites for hydroxylation is 2. The van der Waals surface area contributed by atoms with Gasteiger partial charge in [0, 0.05) is 29.4 Å². The molecular formula is C24H24N4O3. The number of methoxy groups -OCH3 is 1. The summed E-state index contributed by atoms with van der Waals surface area (Å²) in [5.41, 5.74) is 3.87. The average molecular weight is 416 g/mol. The lowest BCUT2D eigenvalue weighted by molar-refractivity contribution is -0.122. The Bertz CT molecular complexity index is 1340. The molecule has 2 heterocycles. The quantitative estimate of drug-likeness (QED) is 0.463. The molecule has 1 aliphatic carbocycles. The largest absolute Gasteiger partial charge is 0.497 e. The van der Waals surface area contributed by atoms with Crippen molar-refractivity contribution in [1.82, 2.24) is 20.3 Å². The number of nitrogens with zero attached hydrogens (tertiary/aromatic N) is 1. The van der Waals surface area contributed by atoms with Gasteiger partial charge in [-0.1, -0.05) is 12.1 Å². The number of aromatic nitrogens is 3. The maximum Gasteiger partial charge on any atom is 0.258 e. The normalized spacial score (nSPS) is 15.7. The van der Waals surface area contributed by atoms with Crippen LogP contribution in [0, 0.1) is 0 Å². The van der Waals surface area contributed by atoms with E-state index in [9.17, 15) is 9.59 Å². The number of rotatable bonds is 5. The fraction of sp³-hybridized carbons (Fsp3) is 0.292. The van der Waals surface area contributed by atoms with Crippen LogP contribution in [0.4, 0.5) is 0 Å². The van der Waals surface area contributed by atoms with Crippen molar-refractivity contribution in [3.63, 3.8) is 0 Å². The zero-order valence-corrected chi connectivity index (χ0v) is 17.3. The Labute approximate surface area is 178 Å². The summed E-state index contributed by atoms with van der Waals surface area (Å²) in [4.78, 5) is 35.7. The van der Waals surface area contributed by atoms with Crippen LogP contribution in [0.1, 0.15) is 42.4 Å². The van der Waals surface area contributed by atoms with Gasteiger partial charge in [0.2, 0.25) is 5.91 Å². The van der Waals surface area contributed by atoms with E-state index in [1.165, 1.54) is 5.56 Å². The average Bonchev–Trinajstić information content (AvgIpc) is 3.17. The molecule has 2 aromatic heterocycles. The van der Waals surface area contributed by atoms with Gasteiger partial charge in [-0.3, -0.25) is 9.59 Å². The topological polar surface area (TPSA) is 99.9 Å². The summed E-state index contributed by atoms with van der Waals surface area (Å²) >= 11 is 0. The van der Waals surface area contributed by atoms with Gasteiger partial charge >= 0.3 is 0 Å². The molecule has 31 heavy (non-hydrogen) atoms. The highest BCUT2D eigenvalue weighted by Crippen LogP contribution is 2.36. The van der Waals surface area contributed by atoms with Crippen molar-refractivity contribution in [2.24, 2.45) is 0 Å². The standard InChI is InChI=1S/C24H24N4O3/c1-31-14-9-10-19-17(13-14)15-6-4-8-20(23(15)27-19)26-22(29)12-11-21-25-18-7-3-2-5-16(18)24(30)28-21/h2-3,5,7,9-10,13,20,27H,4,6,8,11-12H2,1H3,(H,26,29)(H,25,28,30). The zero-order chi connectivity index (χ0) is 21.4. The first kappa shape index (κ1) is 19.4. The number of amides is 1. The number of nitrogens with one attached hydrogen (secondary N) is 3. The molecule has 2 aromatic carbocycles. The molecule has 7 nitrogen and oxygen atoms in total. The first-order valence-corrected chi connectivity index (χ1v) is 10.6. The van der Waals surface area contributed by atoms with Gasteiger partial charge in [0.15, 0.2) is 0 Å². The smallest absolute Gasteiger partial charge is 0.258 e. The second-order valence-electron chi connectivity index (χ2n) is 7.97. The van der Waals surface area contributed by atoms with E-state index < -0.39 is 0 Å². The fourth-order valence-corrected chi connectivity index (χ4v) is 4.46. The summed E-state index contributed by atoms with van der Waals surface area (Å²) in [6.45, 7) is 0. The van der Waals surface area contributed by atoms with Crippen molar-refractivity contribution in [3.8, 4) is 5.75 Å². The summed E-state index contributed by atoms with van der Waals surface area (Å²) in [5.74, 6) is 1.31. The number of aromatic amines is 2. The Morgan fingerprint density at radius 2 is 2.06 bits per heavy atom. The number of fused-ring (bicyclic) bond motifs is 4. The lowest BCUT2D eigenvalue weighted by atomic mass is 9.91. The Balaban J connectivity index is 1.31. The molecule has 0 saturated carbocycles. The number of para-hydroxylation sites is 1. The maximum absolute atomic E-state index is 12.7. The molecule has 0 spiro atoms. The third kappa shape index (κ3) is 3.67. The molecule has 0 fully saturated rings. The first-order valence-electron chi connectivity index (χ1n) is 10.6. The molecular weight excluding hydrogens is 392 g/mol. The summed E-state index contributed by atoms with van der Waals surface area (Å²) in [6, 6.07) is 13.2. The molecule has 1 amide bonds. The Kier molecular flexibility index (Phi) is 4.94. The van der Waals surface area contributed by atoms with E-state index >= 15 is 0 Å². The van der Waals surface area contributed by atoms with Crippen LogP contribution in [0.25, 0.3) is 21.8 Å². The second kappa shape index (κ2) is 7.91. The van der Waals surface area contributed by atoms with Crippen molar-refractivity contribution in [2.75, 3.05) is 7.11 Å². The van der Waals surface area contributed by atoms with Gasteiger partial charge in [0.1, 0.15) is 11.6 Å². The number of benzene rings is 2. The summed E-state index contributed by atoms with van der Waals surface area (Å²) in [6.07, 6.45) is 3.54. The van der Waals surface area contributed by atoms with Gasteiger partial charge in [-0.05, 0) is 55.2 Å². The lowest BCUT2D eigenvalue weighted by Gasteiger charge is -2.24. The van der Waals surface area contributed by atoms with Crippen LogP contribution in [0.15, 0.2) is 47.3 Å². The molecule has 4 aromatic rings. The first-order chi connectivity index (χ1) is 15.1. The van der Waals surface area contributed by atoms with Crippen LogP contribution in [-0.4, -0.2) is 28.0 Å². The van der Waals surface area contributed by atoms with E-state index in [0.29, 0.717) is 23.1 Å². The number of hydrogen-bond acceptors (Lipinski definition) is 4. The molecule has 7 heteroatoms. The van der Waals surface area contributed by atoms with E-state index in [-0.39, 0.29) is 23.9 Å². The minimum absolute atomic E-state index is 0.0433. The summed E-state index contributed by atoms with van der Waals surface area (Å²) < 4.78 is 5.37. The van der Waals surface area contributed by atoms with Gasteiger partial charge in [0.25, 0.3) is 5.56 Å². The molecule has 1 unspecified atom stereocenters. The molecule has 0 aliphatic heterocycles. The molecule has 0 bridgehead atoms. The molecule has 3 N–H and O–H groups in total. The number of hydrogen-bond donors (Lipinski definition) is 3. The fourth-order valence-electron chi connectivity index (χ4n) is 4.46. The third-order valence-electron chi connectivity index (χ3n) is 6.00. The molecule has 0 saturated heterocycles. The predicted octanol–water partition coefficient (Wildman–Crippen LogP) is 3.54. The van der Waals surface area contributed by atoms with Crippen LogP contribution >= 0.6 is 0 Å². The number of carbonyl (C=O) groups is 1. The molecule has 0 radical (unpaired) electrons. The summed E-state index contributed by atoms with van der Waals surface area (Å²) in [5, 5.41) is 4.88. The Morgan fingerprint density at radius 3 is 2.94 bits per heavy atom. The van der Waals surface area contributed by atoms with Crippen molar-refractivity contribution in [2.45, 2.75) is 38.1 Å². The number of carbonyl (C=O) groups excluding carboxylic acids is 1. The van der Waals surface area contributed by atoms with Gasteiger partial charge < -0.3 is 20.0 Å². The van der Waals surface area contributed by atoms with E-state index in [2.05, 4.69) is 26.3 Å². The van der Waals surface area contributed by atoms with Crippen LogP contribution in [0.2, 0.25) is 0 Å². The molecule has 158 valence electrons. The SMILES string of the molecule is COc1ccc2[nH]c3c(c2c1)CCCC3NC(=O)CCc1nc2ccccc2c(=O)[nH]1. The lowest BCUT2D eigenvalue weighted by Crippen LogP contribution is -2.31. The van der Waals surface area contributed by atoms with Crippen molar-refractivity contribution in [3.05, 3.63) is 69.9 Å². The highest BCUT2D eigenvalue weighted by Gasteiger charge is 2.25. The van der Waals surface area contributed by atoms with Gasteiger partial charge in [-0.15, -0.1) is 0 Å².